The monoisotopic (exact) mass is 492 g/mol. The maximum absolute atomic E-state index is 14.3. The summed E-state index contributed by atoms with van der Waals surface area (Å²) in [5.41, 5.74) is -0.304. The van der Waals surface area contributed by atoms with E-state index in [1.807, 2.05) is 4.90 Å². The molecule has 3 amide bonds. The molecule has 3 fully saturated rings. The number of carbonyl (C=O) groups is 3. The van der Waals surface area contributed by atoms with Gasteiger partial charge in [-0.05, 0) is 42.2 Å². The number of imide groups is 1. The number of pyridine rings is 1. The number of benzene rings is 1. The van der Waals surface area contributed by atoms with Gasteiger partial charge < -0.3 is 4.90 Å². The first-order chi connectivity index (χ1) is 17.5. The quantitative estimate of drug-likeness (QED) is 0.579. The van der Waals surface area contributed by atoms with Gasteiger partial charge in [0.1, 0.15) is 5.82 Å². The third kappa shape index (κ3) is 4.91. The van der Waals surface area contributed by atoms with E-state index in [-0.39, 0.29) is 31.2 Å². The summed E-state index contributed by atoms with van der Waals surface area (Å²) in [6.45, 7) is 2.94. The van der Waals surface area contributed by atoms with Crippen LogP contribution in [-0.2, 0) is 26.3 Å². The number of piperazine rings is 1. The van der Waals surface area contributed by atoms with Gasteiger partial charge in [-0.1, -0.05) is 37.5 Å². The highest BCUT2D eigenvalue weighted by molar-refractivity contribution is 6.10. The number of likely N-dealkylation sites (tertiary alicyclic amines) is 1. The molecule has 0 N–H and O–H groups in total. The van der Waals surface area contributed by atoms with Crippen molar-refractivity contribution >= 4 is 17.7 Å². The van der Waals surface area contributed by atoms with Crippen molar-refractivity contribution in [3.63, 3.8) is 0 Å². The van der Waals surface area contributed by atoms with E-state index >= 15 is 0 Å². The molecule has 36 heavy (non-hydrogen) atoms. The summed E-state index contributed by atoms with van der Waals surface area (Å²) in [5.74, 6) is -1.46. The summed E-state index contributed by atoms with van der Waals surface area (Å²) in [6, 6.07) is 9.91. The average Bonchev–Trinajstić information content (AvgIpc) is 3.15. The predicted octanol–water partition coefficient (Wildman–Crippen LogP) is 3.28. The Bertz CT molecular complexity index is 1110. The van der Waals surface area contributed by atoms with Crippen molar-refractivity contribution in [2.24, 2.45) is 0 Å². The zero-order valence-electron chi connectivity index (χ0n) is 20.6. The van der Waals surface area contributed by atoms with Crippen LogP contribution in [0.2, 0.25) is 0 Å². The van der Waals surface area contributed by atoms with Gasteiger partial charge in [-0.2, -0.15) is 0 Å². The van der Waals surface area contributed by atoms with E-state index in [9.17, 15) is 18.8 Å². The van der Waals surface area contributed by atoms with Gasteiger partial charge in [-0.15, -0.1) is 0 Å². The molecule has 8 heteroatoms. The Morgan fingerprint density at radius 2 is 1.81 bits per heavy atom. The van der Waals surface area contributed by atoms with Crippen LogP contribution in [0.25, 0.3) is 0 Å². The highest BCUT2D eigenvalue weighted by atomic mass is 19.1. The van der Waals surface area contributed by atoms with E-state index in [1.165, 1.54) is 55.2 Å². The fourth-order valence-electron chi connectivity index (χ4n) is 6.04. The minimum atomic E-state index is -1.40. The number of halogens is 1. The predicted molar refractivity (Wildman–Crippen MR) is 132 cm³/mol. The van der Waals surface area contributed by atoms with Crippen LogP contribution in [0.3, 0.4) is 0 Å². The van der Waals surface area contributed by atoms with E-state index in [0.29, 0.717) is 24.7 Å². The summed E-state index contributed by atoms with van der Waals surface area (Å²) in [4.78, 5) is 50.0. The highest BCUT2D eigenvalue weighted by Crippen LogP contribution is 2.41. The molecule has 5 rings (SSSR count). The molecule has 1 atom stereocenters. The standard InChI is InChI=1S/C28H33FN4O3/c29-23-8-4-7-22(16-23)28(18-26(35)33(27(28)36)20-21-6-5-11-30-19-21)17-25(34)32-14-12-31(13-15-32)24-9-2-1-3-10-24/h4-8,11,16,19,24H,1-3,9-10,12-15,17-18,20H2/t28-/m1/s1. The molecule has 1 saturated carbocycles. The van der Waals surface area contributed by atoms with Gasteiger partial charge in [-0.3, -0.25) is 29.2 Å². The number of nitrogens with zero attached hydrogens (tertiary/aromatic N) is 4. The molecular formula is C28H33FN4O3. The zero-order valence-corrected chi connectivity index (χ0v) is 20.6. The zero-order chi connectivity index (χ0) is 25.1. The van der Waals surface area contributed by atoms with Crippen molar-refractivity contribution in [3.05, 3.63) is 65.7 Å². The second-order valence-corrected chi connectivity index (χ2v) is 10.3. The number of carbonyl (C=O) groups excluding carboxylic acids is 3. The fourth-order valence-corrected chi connectivity index (χ4v) is 6.04. The molecule has 1 aromatic heterocycles. The number of aromatic nitrogens is 1. The Hall–Kier alpha value is -3.13. The SMILES string of the molecule is O=C(C[C@]1(c2cccc(F)c2)CC(=O)N(Cc2cccnc2)C1=O)N1CCN(C2CCCCC2)CC1. The molecule has 3 aliphatic rings. The maximum atomic E-state index is 14.3. The fraction of sp³-hybridized carbons (Fsp3) is 0.500. The molecule has 3 heterocycles. The third-order valence-electron chi connectivity index (χ3n) is 8.06. The summed E-state index contributed by atoms with van der Waals surface area (Å²) < 4.78 is 14.3. The molecule has 0 radical (unpaired) electrons. The van der Waals surface area contributed by atoms with Gasteiger partial charge in [0, 0.05) is 57.5 Å². The number of hydrogen-bond acceptors (Lipinski definition) is 5. The average molecular weight is 493 g/mol. The Morgan fingerprint density at radius 3 is 2.50 bits per heavy atom. The molecule has 1 aromatic carbocycles. The van der Waals surface area contributed by atoms with Crippen molar-refractivity contribution in [1.82, 2.24) is 19.7 Å². The van der Waals surface area contributed by atoms with Gasteiger partial charge >= 0.3 is 0 Å². The van der Waals surface area contributed by atoms with Crippen LogP contribution in [0.1, 0.15) is 56.1 Å². The number of amides is 3. The normalized spacial score (nSPS) is 23.9. The summed E-state index contributed by atoms with van der Waals surface area (Å²) in [6.07, 6.45) is 9.23. The van der Waals surface area contributed by atoms with Crippen LogP contribution >= 0.6 is 0 Å². The second kappa shape index (κ2) is 10.5. The molecule has 190 valence electrons. The van der Waals surface area contributed by atoms with E-state index in [4.69, 9.17) is 0 Å². The first kappa shape index (κ1) is 24.6. The topological polar surface area (TPSA) is 73.8 Å². The molecule has 0 unspecified atom stereocenters. The first-order valence-corrected chi connectivity index (χ1v) is 13.0. The Balaban J connectivity index is 1.35. The molecule has 0 spiro atoms. The van der Waals surface area contributed by atoms with Crippen molar-refractivity contribution in [2.75, 3.05) is 26.2 Å². The lowest BCUT2D eigenvalue weighted by Gasteiger charge is -2.41. The largest absolute Gasteiger partial charge is 0.340 e. The Kier molecular flexibility index (Phi) is 7.14. The Labute approximate surface area is 211 Å². The van der Waals surface area contributed by atoms with Gasteiger partial charge in [0.05, 0.1) is 12.0 Å². The van der Waals surface area contributed by atoms with E-state index in [2.05, 4.69) is 9.88 Å². The van der Waals surface area contributed by atoms with E-state index < -0.39 is 17.1 Å². The van der Waals surface area contributed by atoms with Crippen LogP contribution in [0, 0.1) is 5.82 Å². The third-order valence-corrected chi connectivity index (χ3v) is 8.06. The van der Waals surface area contributed by atoms with E-state index in [0.717, 1.165) is 18.7 Å². The molecule has 1 aliphatic carbocycles. The van der Waals surface area contributed by atoms with Crippen LogP contribution in [-0.4, -0.2) is 69.6 Å². The molecule has 7 nitrogen and oxygen atoms in total. The van der Waals surface area contributed by atoms with Crippen molar-refractivity contribution in [3.8, 4) is 0 Å². The van der Waals surface area contributed by atoms with Crippen LogP contribution in [0.15, 0.2) is 48.8 Å². The lowest BCUT2D eigenvalue weighted by atomic mass is 9.75. The first-order valence-electron chi connectivity index (χ1n) is 13.0. The molecule has 2 saturated heterocycles. The molecule has 2 aromatic rings. The lowest BCUT2D eigenvalue weighted by Crippen LogP contribution is -2.53. The van der Waals surface area contributed by atoms with Gasteiger partial charge in [-0.25, -0.2) is 4.39 Å². The van der Waals surface area contributed by atoms with Crippen LogP contribution in [0.4, 0.5) is 4.39 Å². The number of rotatable bonds is 6. The maximum Gasteiger partial charge on any atom is 0.241 e. The van der Waals surface area contributed by atoms with Crippen molar-refractivity contribution in [1.29, 1.82) is 0 Å². The van der Waals surface area contributed by atoms with E-state index in [1.54, 1.807) is 30.6 Å². The summed E-state index contributed by atoms with van der Waals surface area (Å²) in [5, 5.41) is 0. The number of hydrogen-bond donors (Lipinski definition) is 0. The smallest absolute Gasteiger partial charge is 0.241 e. The molecule has 2 aliphatic heterocycles. The minimum Gasteiger partial charge on any atom is -0.340 e. The second-order valence-electron chi connectivity index (χ2n) is 10.3. The minimum absolute atomic E-state index is 0.0802. The van der Waals surface area contributed by atoms with Gasteiger partial charge in [0.15, 0.2) is 0 Å². The highest BCUT2D eigenvalue weighted by Gasteiger charge is 2.54. The lowest BCUT2D eigenvalue weighted by molar-refractivity contribution is -0.143. The van der Waals surface area contributed by atoms with Crippen LogP contribution < -0.4 is 0 Å². The van der Waals surface area contributed by atoms with Crippen LogP contribution in [0.5, 0.6) is 0 Å². The van der Waals surface area contributed by atoms with Gasteiger partial charge in [0.25, 0.3) is 0 Å². The summed E-state index contributed by atoms with van der Waals surface area (Å²) in [7, 11) is 0. The van der Waals surface area contributed by atoms with Gasteiger partial charge in [0.2, 0.25) is 17.7 Å². The van der Waals surface area contributed by atoms with Crippen molar-refractivity contribution in [2.45, 2.75) is 62.9 Å². The molecule has 0 bridgehead atoms. The van der Waals surface area contributed by atoms with Crippen molar-refractivity contribution < 1.29 is 18.8 Å². The molecular weight excluding hydrogens is 459 g/mol. The Morgan fingerprint density at radius 1 is 1.03 bits per heavy atom. The summed E-state index contributed by atoms with van der Waals surface area (Å²) >= 11 is 0.